The molecule has 1 aromatic heterocycles. The van der Waals surface area contributed by atoms with Gasteiger partial charge in [-0.15, -0.1) is 17.5 Å². The van der Waals surface area contributed by atoms with Crippen LogP contribution in [0.3, 0.4) is 0 Å². The Bertz CT molecular complexity index is 686. The van der Waals surface area contributed by atoms with Gasteiger partial charge in [-0.1, -0.05) is 5.21 Å². The molecule has 2 heterocycles. The van der Waals surface area contributed by atoms with Gasteiger partial charge in [-0.3, -0.25) is 4.90 Å². The lowest BCUT2D eigenvalue weighted by molar-refractivity contribution is 0.0585. The van der Waals surface area contributed by atoms with Gasteiger partial charge in [0, 0.05) is 38.4 Å². The van der Waals surface area contributed by atoms with Crippen molar-refractivity contribution >= 4 is 24.1 Å². The molecule has 0 saturated carbocycles. The third-order valence-electron chi connectivity index (χ3n) is 4.20. The zero-order valence-electron chi connectivity index (χ0n) is 14.0. The number of carbonyl (C=O) groups excluding carboxylic acids is 1. The standard InChI is InChI=1S/C16H20FN5O2.ClH/c1-24-16(23)15-12-18-19-22(15)11-8-20-6-9-21(10-7-20)14-4-2-13(17)3-5-14;/h2-5,12H,6-11H2,1H3;1H. The van der Waals surface area contributed by atoms with Crippen LogP contribution in [0.25, 0.3) is 0 Å². The molecular weight excluding hydrogens is 349 g/mol. The zero-order chi connectivity index (χ0) is 16.9. The molecule has 9 heteroatoms. The molecule has 0 atom stereocenters. The van der Waals surface area contributed by atoms with Crippen molar-refractivity contribution in [1.29, 1.82) is 0 Å². The first-order valence-electron chi connectivity index (χ1n) is 7.87. The van der Waals surface area contributed by atoms with E-state index in [1.165, 1.54) is 25.4 Å². The van der Waals surface area contributed by atoms with Crippen LogP contribution in [0.2, 0.25) is 0 Å². The SMILES string of the molecule is COC(=O)c1cnnn1CCN1CCN(c2ccc(F)cc2)CC1.Cl. The number of methoxy groups -OCH3 is 1. The zero-order valence-corrected chi connectivity index (χ0v) is 14.8. The number of esters is 1. The van der Waals surface area contributed by atoms with Gasteiger partial charge in [-0.25, -0.2) is 13.9 Å². The quantitative estimate of drug-likeness (QED) is 0.743. The van der Waals surface area contributed by atoms with Crippen molar-refractivity contribution in [2.75, 3.05) is 44.7 Å². The minimum Gasteiger partial charge on any atom is -0.464 e. The fourth-order valence-electron chi connectivity index (χ4n) is 2.80. The summed E-state index contributed by atoms with van der Waals surface area (Å²) in [6.07, 6.45) is 1.41. The van der Waals surface area contributed by atoms with E-state index < -0.39 is 5.97 Å². The number of hydrogen-bond donors (Lipinski definition) is 0. The molecule has 136 valence electrons. The first kappa shape index (κ1) is 19.1. The van der Waals surface area contributed by atoms with E-state index in [0.717, 1.165) is 38.4 Å². The van der Waals surface area contributed by atoms with E-state index in [-0.39, 0.29) is 18.2 Å². The van der Waals surface area contributed by atoms with Crippen molar-refractivity contribution in [3.8, 4) is 0 Å². The molecule has 1 aromatic carbocycles. The molecule has 0 spiro atoms. The average molecular weight is 370 g/mol. The maximum Gasteiger partial charge on any atom is 0.358 e. The molecule has 0 N–H and O–H groups in total. The molecule has 0 unspecified atom stereocenters. The molecule has 0 aliphatic carbocycles. The molecule has 2 aromatic rings. The second-order valence-corrected chi connectivity index (χ2v) is 5.64. The van der Waals surface area contributed by atoms with Crippen molar-refractivity contribution in [3.05, 3.63) is 42.0 Å². The van der Waals surface area contributed by atoms with Gasteiger partial charge in [-0.2, -0.15) is 0 Å². The van der Waals surface area contributed by atoms with Gasteiger partial charge in [0.25, 0.3) is 0 Å². The Morgan fingerprint density at radius 3 is 2.48 bits per heavy atom. The molecule has 1 saturated heterocycles. The summed E-state index contributed by atoms with van der Waals surface area (Å²) >= 11 is 0. The number of aromatic nitrogens is 3. The maximum atomic E-state index is 13.0. The fourth-order valence-corrected chi connectivity index (χ4v) is 2.80. The summed E-state index contributed by atoms with van der Waals surface area (Å²) in [5.74, 6) is -0.646. The topological polar surface area (TPSA) is 63.5 Å². The number of carbonyl (C=O) groups is 1. The Kier molecular flexibility index (Phi) is 6.72. The van der Waals surface area contributed by atoms with Gasteiger partial charge in [0.05, 0.1) is 19.9 Å². The average Bonchev–Trinajstić information content (AvgIpc) is 3.09. The molecule has 1 fully saturated rings. The molecule has 1 aliphatic rings. The summed E-state index contributed by atoms with van der Waals surface area (Å²) in [6.45, 7) is 4.94. The van der Waals surface area contributed by atoms with Gasteiger partial charge in [-0.05, 0) is 24.3 Å². The summed E-state index contributed by atoms with van der Waals surface area (Å²) in [5.41, 5.74) is 1.41. The number of hydrogen-bond acceptors (Lipinski definition) is 6. The van der Waals surface area contributed by atoms with Gasteiger partial charge in [0.2, 0.25) is 0 Å². The number of ether oxygens (including phenoxy) is 1. The largest absolute Gasteiger partial charge is 0.464 e. The van der Waals surface area contributed by atoms with Crippen LogP contribution in [0.1, 0.15) is 10.5 Å². The maximum absolute atomic E-state index is 13.0. The summed E-state index contributed by atoms with van der Waals surface area (Å²) in [4.78, 5) is 16.1. The minimum absolute atomic E-state index is 0. The lowest BCUT2D eigenvalue weighted by Crippen LogP contribution is -2.47. The number of anilines is 1. The van der Waals surface area contributed by atoms with E-state index in [0.29, 0.717) is 12.2 Å². The van der Waals surface area contributed by atoms with Crippen LogP contribution in [-0.4, -0.2) is 65.7 Å². The van der Waals surface area contributed by atoms with Crippen molar-refractivity contribution in [2.24, 2.45) is 0 Å². The Labute approximate surface area is 151 Å². The molecule has 3 rings (SSSR count). The van der Waals surface area contributed by atoms with Crippen molar-refractivity contribution in [1.82, 2.24) is 19.9 Å². The van der Waals surface area contributed by atoms with Crippen LogP contribution >= 0.6 is 12.4 Å². The Balaban J connectivity index is 0.00000225. The van der Waals surface area contributed by atoms with E-state index >= 15 is 0 Å². The summed E-state index contributed by atoms with van der Waals surface area (Å²) in [6, 6.07) is 6.59. The van der Waals surface area contributed by atoms with Gasteiger partial charge < -0.3 is 9.64 Å². The van der Waals surface area contributed by atoms with Crippen LogP contribution in [-0.2, 0) is 11.3 Å². The molecule has 0 amide bonds. The highest BCUT2D eigenvalue weighted by Gasteiger charge is 2.19. The normalized spacial score (nSPS) is 14.9. The Morgan fingerprint density at radius 2 is 1.84 bits per heavy atom. The fraction of sp³-hybridized carbons (Fsp3) is 0.438. The summed E-state index contributed by atoms with van der Waals surface area (Å²) < 4.78 is 19.3. The first-order chi connectivity index (χ1) is 11.7. The number of halogens is 2. The lowest BCUT2D eigenvalue weighted by atomic mass is 10.2. The monoisotopic (exact) mass is 369 g/mol. The van der Waals surface area contributed by atoms with Gasteiger partial charge >= 0.3 is 5.97 Å². The van der Waals surface area contributed by atoms with E-state index in [1.807, 2.05) is 12.1 Å². The van der Waals surface area contributed by atoms with Crippen LogP contribution in [0.15, 0.2) is 30.5 Å². The Morgan fingerprint density at radius 1 is 1.16 bits per heavy atom. The van der Waals surface area contributed by atoms with Crippen molar-refractivity contribution in [2.45, 2.75) is 6.54 Å². The van der Waals surface area contributed by atoms with Gasteiger partial charge in [0.1, 0.15) is 5.82 Å². The van der Waals surface area contributed by atoms with E-state index in [9.17, 15) is 9.18 Å². The highest BCUT2D eigenvalue weighted by molar-refractivity contribution is 5.86. The number of nitrogens with zero attached hydrogens (tertiary/aromatic N) is 5. The second-order valence-electron chi connectivity index (χ2n) is 5.64. The molecule has 1 aliphatic heterocycles. The second kappa shape index (κ2) is 8.77. The molecule has 25 heavy (non-hydrogen) atoms. The van der Waals surface area contributed by atoms with Crippen molar-refractivity contribution < 1.29 is 13.9 Å². The molecule has 0 bridgehead atoms. The van der Waals surface area contributed by atoms with E-state index in [1.54, 1.807) is 4.68 Å². The summed E-state index contributed by atoms with van der Waals surface area (Å²) in [5, 5.41) is 7.70. The summed E-state index contributed by atoms with van der Waals surface area (Å²) in [7, 11) is 1.34. The first-order valence-corrected chi connectivity index (χ1v) is 7.87. The number of piperazine rings is 1. The minimum atomic E-state index is -0.430. The Hall–Kier alpha value is -2.19. The molecular formula is C16H21ClFN5O2. The van der Waals surface area contributed by atoms with Crippen LogP contribution in [0, 0.1) is 5.82 Å². The highest BCUT2D eigenvalue weighted by Crippen LogP contribution is 2.16. The van der Waals surface area contributed by atoms with Crippen LogP contribution in [0.5, 0.6) is 0 Å². The van der Waals surface area contributed by atoms with E-state index in [4.69, 9.17) is 4.74 Å². The van der Waals surface area contributed by atoms with Crippen LogP contribution < -0.4 is 4.90 Å². The molecule has 7 nitrogen and oxygen atoms in total. The number of rotatable bonds is 5. The van der Waals surface area contributed by atoms with Gasteiger partial charge in [0.15, 0.2) is 5.69 Å². The lowest BCUT2D eigenvalue weighted by Gasteiger charge is -2.36. The predicted octanol–water partition coefficient (Wildman–Crippen LogP) is 1.45. The number of benzene rings is 1. The third kappa shape index (κ3) is 4.67. The van der Waals surface area contributed by atoms with E-state index in [2.05, 4.69) is 20.1 Å². The molecule has 0 radical (unpaired) electrons. The highest BCUT2D eigenvalue weighted by atomic mass is 35.5. The van der Waals surface area contributed by atoms with Crippen LogP contribution in [0.4, 0.5) is 10.1 Å². The predicted molar refractivity (Wildman–Crippen MR) is 93.7 cm³/mol. The van der Waals surface area contributed by atoms with Crippen molar-refractivity contribution in [3.63, 3.8) is 0 Å². The smallest absolute Gasteiger partial charge is 0.358 e. The third-order valence-corrected chi connectivity index (χ3v) is 4.20.